The zero-order chi connectivity index (χ0) is 22.2. The first-order chi connectivity index (χ1) is 14.9. The molecule has 1 atom stereocenters. The summed E-state index contributed by atoms with van der Waals surface area (Å²) in [4.78, 5) is 40.5. The molecule has 0 fully saturated rings. The summed E-state index contributed by atoms with van der Waals surface area (Å²) in [5.74, 6) is -2.35. The minimum atomic E-state index is -0.650. The van der Waals surface area contributed by atoms with Crippen LogP contribution in [0.5, 0.6) is 0 Å². The molecule has 1 aromatic heterocycles. The molecule has 0 bridgehead atoms. The summed E-state index contributed by atoms with van der Waals surface area (Å²) in [6.45, 7) is 0.0256. The number of hydrogen-bond acceptors (Lipinski definition) is 4. The summed E-state index contributed by atoms with van der Waals surface area (Å²) in [5, 5.41) is 5.40. The van der Waals surface area contributed by atoms with Crippen molar-refractivity contribution in [3.8, 4) is 0 Å². The van der Waals surface area contributed by atoms with Crippen LogP contribution < -0.4 is 16.4 Å². The molecule has 1 unspecified atom stereocenters. The molecule has 0 saturated heterocycles. The highest BCUT2D eigenvalue weighted by atomic mass is 19.1. The van der Waals surface area contributed by atoms with Gasteiger partial charge in [0.2, 0.25) is 5.91 Å². The summed E-state index contributed by atoms with van der Waals surface area (Å²) < 4.78 is 13.1. The predicted octanol–water partition coefficient (Wildman–Crippen LogP) is 2.55. The molecule has 0 aliphatic carbocycles. The lowest BCUT2D eigenvalue weighted by atomic mass is 9.98. The van der Waals surface area contributed by atoms with Crippen molar-refractivity contribution in [1.29, 1.82) is 0 Å². The Morgan fingerprint density at radius 1 is 0.968 bits per heavy atom. The number of aromatic nitrogens is 1. The van der Waals surface area contributed by atoms with Crippen molar-refractivity contribution in [2.24, 2.45) is 11.7 Å². The first kappa shape index (κ1) is 21.6. The number of benzene rings is 2. The van der Waals surface area contributed by atoms with Crippen LogP contribution in [0.1, 0.15) is 26.3 Å². The van der Waals surface area contributed by atoms with Crippen LogP contribution in [0.3, 0.4) is 0 Å². The zero-order valence-corrected chi connectivity index (χ0v) is 16.5. The smallest absolute Gasteiger partial charge is 0.257 e. The second-order valence-electron chi connectivity index (χ2n) is 6.92. The second-order valence-corrected chi connectivity index (χ2v) is 6.92. The Kier molecular flexibility index (Phi) is 7.05. The van der Waals surface area contributed by atoms with Crippen molar-refractivity contribution in [2.45, 2.75) is 6.42 Å². The molecule has 0 saturated carbocycles. The van der Waals surface area contributed by atoms with Gasteiger partial charge in [0, 0.05) is 30.2 Å². The quantitative estimate of drug-likeness (QED) is 0.520. The molecule has 0 aliphatic rings. The molecule has 1 heterocycles. The fraction of sp³-hybridized carbons (Fsp3) is 0.130. The number of hydrogen-bond donors (Lipinski definition) is 3. The maximum atomic E-state index is 13.1. The Hall–Kier alpha value is -4.07. The maximum absolute atomic E-state index is 13.1. The van der Waals surface area contributed by atoms with Crippen LogP contribution in [0.15, 0.2) is 73.1 Å². The number of anilines is 1. The molecule has 3 rings (SSSR count). The van der Waals surface area contributed by atoms with Gasteiger partial charge in [0.1, 0.15) is 5.82 Å². The third-order valence-electron chi connectivity index (χ3n) is 4.61. The molecular weight excluding hydrogens is 399 g/mol. The number of rotatable bonds is 8. The Labute approximate surface area is 178 Å². The molecule has 7 nitrogen and oxygen atoms in total. The average molecular weight is 420 g/mol. The third-order valence-corrected chi connectivity index (χ3v) is 4.61. The molecule has 2 aromatic carbocycles. The number of pyridine rings is 1. The van der Waals surface area contributed by atoms with Crippen LogP contribution in [0.25, 0.3) is 0 Å². The van der Waals surface area contributed by atoms with Crippen molar-refractivity contribution in [3.63, 3.8) is 0 Å². The van der Waals surface area contributed by atoms with Crippen molar-refractivity contribution >= 4 is 23.4 Å². The molecule has 3 amide bonds. The van der Waals surface area contributed by atoms with Gasteiger partial charge in [-0.25, -0.2) is 4.39 Å². The summed E-state index contributed by atoms with van der Waals surface area (Å²) in [7, 11) is 0. The second kappa shape index (κ2) is 10.1. The largest absolute Gasteiger partial charge is 0.369 e. The topological polar surface area (TPSA) is 114 Å². The number of carbonyl (C=O) groups is 3. The fourth-order valence-corrected chi connectivity index (χ4v) is 2.93. The number of primary amides is 1. The van der Waals surface area contributed by atoms with Crippen LogP contribution in [0.4, 0.5) is 10.1 Å². The SMILES string of the molecule is NC(=O)C(CNC(=O)c1cccc(NC(=O)c2cccnc2)c1)Cc1ccc(F)cc1. The van der Waals surface area contributed by atoms with E-state index in [4.69, 9.17) is 5.73 Å². The van der Waals surface area contributed by atoms with Gasteiger partial charge in [-0.15, -0.1) is 0 Å². The standard InChI is InChI=1S/C23H21FN4O3/c24-19-8-6-15(7-9-19)11-18(21(25)29)14-27-22(30)16-3-1-5-20(12-16)28-23(31)17-4-2-10-26-13-17/h1-10,12-13,18H,11,14H2,(H2,25,29)(H,27,30)(H,28,31). The van der Waals surface area contributed by atoms with Gasteiger partial charge in [-0.05, 0) is 54.4 Å². The van der Waals surface area contributed by atoms with Gasteiger partial charge in [0.25, 0.3) is 11.8 Å². The average Bonchev–Trinajstić information content (AvgIpc) is 2.78. The highest BCUT2D eigenvalue weighted by Crippen LogP contribution is 2.13. The van der Waals surface area contributed by atoms with Crippen LogP contribution in [0.2, 0.25) is 0 Å². The lowest BCUT2D eigenvalue weighted by Gasteiger charge is -2.15. The Bertz CT molecular complexity index is 1070. The summed E-state index contributed by atoms with van der Waals surface area (Å²) in [6, 6.07) is 15.4. The maximum Gasteiger partial charge on any atom is 0.257 e. The van der Waals surface area contributed by atoms with Gasteiger partial charge in [0.05, 0.1) is 11.5 Å². The molecule has 0 aliphatic heterocycles. The summed E-state index contributed by atoms with van der Waals surface area (Å²) in [5.41, 5.74) is 7.34. The lowest BCUT2D eigenvalue weighted by Crippen LogP contribution is -2.37. The molecule has 158 valence electrons. The van der Waals surface area contributed by atoms with Crippen LogP contribution in [0, 0.1) is 11.7 Å². The summed E-state index contributed by atoms with van der Waals surface area (Å²) in [6.07, 6.45) is 3.28. The summed E-state index contributed by atoms with van der Waals surface area (Å²) >= 11 is 0. The van der Waals surface area contributed by atoms with E-state index in [1.165, 1.54) is 24.4 Å². The van der Waals surface area contributed by atoms with Crippen LogP contribution in [-0.4, -0.2) is 29.3 Å². The molecular formula is C23H21FN4O3. The third kappa shape index (κ3) is 6.20. The van der Waals surface area contributed by atoms with E-state index >= 15 is 0 Å². The van der Waals surface area contributed by atoms with Crippen molar-refractivity contribution in [1.82, 2.24) is 10.3 Å². The minimum Gasteiger partial charge on any atom is -0.369 e. The van der Waals surface area contributed by atoms with E-state index in [0.717, 1.165) is 5.56 Å². The normalized spacial score (nSPS) is 11.4. The Morgan fingerprint density at radius 3 is 2.39 bits per heavy atom. The number of nitrogens with one attached hydrogen (secondary N) is 2. The first-order valence-electron chi connectivity index (χ1n) is 9.56. The molecule has 8 heteroatoms. The van der Waals surface area contributed by atoms with Gasteiger partial charge in [-0.1, -0.05) is 18.2 Å². The van der Waals surface area contributed by atoms with E-state index in [0.29, 0.717) is 16.8 Å². The number of nitrogens with zero attached hydrogens (tertiary/aromatic N) is 1. The monoisotopic (exact) mass is 420 g/mol. The van der Waals surface area contributed by atoms with Crippen molar-refractivity contribution in [3.05, 3.63) is 95.6 Å². The van der Waals surface area contributed by atoms with E-state index < -0.39 is 17.7 Å². The fourth-order valence-electron chi connectivity index (χ4n) is 2.93. The Morgan fingerprint density at radius 2 is 1.71 bits per heavy atom. The van der Waals surface area contributed by atoms with Crippen molar-refractivity contribution in [2.75, 3.05) is 11.9 Å². The van der Waals surface area contributed by atoms with E-state index in [1.54, 1.807) is 48.7 Å². The molecule has 3 aromatic rings. The highest BCUT2D eigenvalue weighted by Gasteiger charge is 2.18. The number of nitrogens with two attached hydrogens (primary N) is 1. The van der Waals surface area contributed by atoms with Crippen LogP contribution >= 0.6 is 0 Å². The van der Waals surface area contributed by atoms with E-state index in [1.807, 2.05) is 0 Å². The van der Waals surface area contributed by atoms with Gasteiger partial charge in [0.15, 0.2) is 0 Å². The van der Waals surface area contributed by atoms with Gasteiger partial charge < -0.3 is 16.4 Å². The van der Waals surface area contributed by atoms with E-state index in [2.05, 4.69) is 15.6 Å². The predicted molar refractivity (Wildman–Crippen MR) is 114 cm³/mol. The number of amides is 3. The van der Waals surface area contributed by atoms with Gasteiger partial charge in [-0.3, -0.25) is 19.4 Å². The molecule has 31 heavy (non-hydrogen) atoms. The zero-order valence-electron chi connectivity index (χ0n) is 16.5. The molecule has 4 N–H and O–H groups in total. The van der Waals surface area contributed by atoms with Crippen LogP contribution in [-0.2, 0) is 11.2 Å². The molecule has 0 spiro atoms. The van der Waals surface area contributed by atoms with E-state index in [-0.39, 0.29) is 24.7 Å². The minimum absolute atomic E-state index is 0.0256. The lowest BCUT2D eigenvalue weighted by molar-refractivity contribution is -0.121. The van der Waals surface area contributed by atoms with Crippen molar-refractivity contribution < 1.29 is 18.8 Å². The highest BCUT2D eigenvalue weighted by molar-refractivity contribution is 6.05. The number of halogens is 1. The van der Waals surface area contributed by atoms with E-state index in [9.17, 15) is 18.8 Å². The van der Waals surface area contributed by atoms with Gasteiger partial charge >= 0.3 is 0 Å². The first-order valence-corrected chi connectivity index (χ1v) is 9.56. The van der Waals surface area contributed by atoms with Gasteiger partial charge in [-0.2, -0.15) is 0 Å². The Balaban J connectivity index is 1.61. The number of carbonyl (C=O) groups excluding carboxylic acids is 3. The molecule has 0 radical (unpaired) electrons.